The Kier molecular flexibility index (Phi) is 6.02. The average molecular weight is 498 g/mol. The lowest BCUT2D eigenvalue weighted by molar-refractivity contribution is -0.140. The minimum atomic E-state index is -4.87. The lowest BCUT2D eigenvalue weighted by Gasteiger charge is -2.12. The van der Waals surface area contributed by atoms with Crippen molar-refractivity contribution in [2.75, 3.05) is 14.2 Å². The summed E-state index contributed by atoms with van der Waals surface area (Å²) in [6, 6.07) is 0.761. The number of methoxy groups -OCH3 is 2. The minimum absolute atomic E-state index is 0.0385. The molecule has 0 bridgehead atoms. The summed E-state index contributed by atoms with van der Waals surface area (Å²) in [5, 5.41) is 3.99. The Morgan fingerprint density at radius 1 is 1.24 bits per heavy atom. The predicted molar refractivity (Wildman–Crippen MR) is 112 cm³/mol. The number of H-pyrrole nitrogens is 1. The highest BCUT2D eigenvalue weighted by Gasteiger charge is 2.37. The van der Waals surface area contributed by atoms with Gasteiger partial charge in [0.1, 0.15) is 27.6 Å². The Morgan fingerprint density at radius 2 is 1.94 bits per heavy atom. The van der Waals surface area contributed by atoms with E-state index in [0.717, 1.165) is 31.6 Å². The molecular weight excluding hydrogens is 481 g/mol. The van der Waals surface area contributed by atoms with Crippen LogP contribution in [0.2, 0.25) is 0 Å². The van der Waals surface area contributed by atoms with E-state index in [1.165, 1.54) is 0 Å². The van der Waals surface area contributed by atoms with E-state index in [1.54, 1.807) is 0 Å². The molecule has 0 aromatic carbocycles. The number of thiophene rings is 1. The number of hydrogen-bond donors (Lipinski definition) is 1. The number of aromatic nitrogens is 4. The molecule has 0 radical (unpaired) electrons. The summed E-state index contributed by atoms with van der Waals surface area (Å²) >= 11 is 0.776. The molecule has 0 amide bonds. The van der Waals surface area contributed by atoms with Crippen molar-refractivity contribution in [2.24, 2.45) is 0 Å². The van der Waals surface area contributed by atoms with Crippen molar-refractivity contribution >= 4 is 33.5 Å². The van der Waals surface area contributed by atoms with Gasteiger partial charge in [-0.05, 0) is 18.9 Å². The molecule has 1 aliphatic rings. The number of alkyl halides is 3. The van der Waals surface area contributed by atoms with E-state index in [2.05, 4.69) is 19.8 Å². The fourth-order valence-electron chi connectivity index (χ4n) is 3.42. The van der Waals surface area contributed by atoms with Gasteiger partial charge in [-0.15, -0.1) is 11.3 Å². The molecule has 10 nitrogen and oxygen atoms in total. The summed E-state index contributed by atoms with van der Waals surface area (Å²) in [6.07, 6.45) is -3.94. The third-order valence-corrected chi connectivity index (χ3v) is 6.33. The number of nitrogens with zero attached hydrogens (tertiary/aromatic N) is 3. The maximum absolute atomic E-state index is 13.4. The van der Waals surface area contributed by atoms with E-state index in [9.17, 15) is 32.3 Å². The van der Waals surface area contributed by atoms with Gasteiger partial charge in [0.05, 0.1) is 31.7 Å². The molecule has 14 heteroatoms. The van der Waals surface area contributed by atoms with Crippen LogP contribution in [0.5, 0.6) is 0 Å². The summed E-state index contributed by atoms with van der Waals surface area (Å²) in [5.41, 5.74) is -3.26. The molecule has 180 valence electrons. The molecule has 0 spiro atoms. The molecular formula is C20H17F3N4O6S. The molecule has 4 rings (SSSR count). The van der Waals surface area contributed by atoms with Crippen LogP contribution in [0.1, 0.15) is 51.1 Å². The second-order valence-electron chi connectivity index (χ2n) is 7.56. The van der Waals surface area contributed by atoms with Crippen LogP contribution in [0.25, 0.3) is 10.2 Å². The molecule has 0 aliphatic heterocycles. The number of fused-ring (bicyclic) bond motifs is 1. The average Bonchev–Trinajstić information content (AvgIpc) is 3.56. The Bertz CT molecular complexity index is 1420. The van der Waals surface area contributed by atoms with Crippen LogP contribution in [-0.4, -0.2) is 45.9 Å². The lowest BCUT2D eigenvalue weighted by Crippen LogP contribution is -2.32. The first-order valence-electron chi connectivity index (χ1n) is 9.92. The van der Waals surface area contributed by atoms with Crippen molar-refractivity contribution in [1.82, 2.24) is 19.7 Å². The second kappa shape index (κ2) is 8.66. The number of carbonyl (C=O) groups is 2. The zero-order valence-electron chi connectivity index (χ0n) is 17.8. The summed E-state index contributed by atoms with van der Waals surface area (Å²) in [4.78, 5) is 55.9. The number of ether oxygens (including phenoxy) is 2. The van der Waals surface area contributed by atoms with Gasteiger partial charge in [-0.2, -0.15) is 18.3 Å². The number of esters is 2. The molecule has 0 atom stereocenters. The Labute approximate surface area is 192 Å². The number of rotatable bonds is 6. The lowest BCUT2D eigenvalue weighted by atomic mass is 10.1. The number of carbonyl (C=O) groups excluding carboxylic acids is 2. The quantitative estimate of drug-likeness (QED) is 0.510. The number of hydrogen-bond acceptors (Lipinski definition) is 9. The third kappa shape index (κ3) is 4.44. The van der Waals surface area contributed by atoms with Crippen molar-refractivity contribution in [1.29, 1.82) is 0 Å². The summed E-state index contributed by atoms with van der Waals surface area (Å²) in [7, 11) is 2.27. The molecule has 1 fully saturated rings. The van der Waals surface area contributed by atoms with Crippen LogP contribution < -0.4 is 11.1 Å². The minimum Gasteiger partial charge on any atom is -0.469 e. The first-order valence-corrected chi connectivity index (χ1v) is 10.7. The number of nitrogens with one attached hydrogen (secondary N) is 1. The van der Waals surface area contributed by atoms with Gasteiger partial charge in [0.15, 0.2) is 0 Å². The third-order valence-electron chi connectivity index (χ3n) is 5.22. The maximum atomic E-state index is 13.4. The number of aromatic amines is 1. The second-order valence-corrected chi connectivity index (χ2v) is 8.56. The summed E-state index contributed by atoms with van der Waals surface area (Å²) in [6.45, 7) is -0.536. The smallest absolute Gasteiger partial charge is 0.421 e. The number of halogens is 3. The van der Waals surface area contributed by atoms with E-state index >= 15 is 0 Å². The van der Waals surface area contributed by atoms with Gasteiger partial charge in [0.25, 0.3) is 11.1 Å². The van der Waals surface area contributed by atoms with Crippen molar-refractivity contribution in [3.05, 3.63) is 54.3 Å². The van der Waals surface area contributed by atoms with Crippen molar-refractivity contribution in [2.45, 2.75) is 37.9 Å². The molecule has 1 saturated carbocycles. The molecule has 0 unspecified atom stereocenters. The summed E-state index contributed by atoms with van der Waals surface area (Å²) < 4.78 is 50.1. The van der Waals surface area contributed by atoms with Crippen LogP contribution >= 0.6 is 11.3 Å². The van der Waals surface area contributed by atoms with E-state index in [0.29, 0.717) is 17.5 Å². The molecule has 3 heterocycles. The first kappa shape index (κ1) is 23.6. The summed E-state index contributed by atoms with van der Waals surface area (Å²) in [5.74, 6) is -1.81. The topological polar surface area (TPSA) is 133 Å². The molecule has 3 aromatic heterocycles. The largest absolute Gasteiger partial charge is 0.469 e. The fourth-order valence-corrected chi connectivity index (χ4v) is 4.55. The maximum Gasteiger partial charge on any atom is 0.421 e. The zero-order chi connectivity index (χ0) is 24.8. The van der Waals surface area contributed by atoms with Gasteiger partial charge in [-0.1, -0.05) is 0 Å². The molecule has 3 aromatic rings. The Hall–Kier alpha value is -3.55. The van der Waals surface area contributed by atoms with E-state index in [1.807, 2.05) is 0 Å². The standard InChI is InChI=1S/C20H17F3N4O6S/c1-32-13(28)5-9-14-16(29)24-12(25-17(14)34-15(9)19(31)33-2)7-27-18(30)10(20(21,22)23)6-11(26-27)8-3-4-8/h6,8H,3-5,7H2,1-2H3,(H,24,25,29). The van der Waals surface area contributed by atoms with Crippen molar-refractivity contribution in [3.8, 4) is 0 Å². The highest BCUT2D eigenvalue weighted by molar-refractivity contribution is 7.20. The molecule has 1 aliphatic carbocycles. The Morgan fingerprint density at radius 3 is 2.53 bits per heavy atom. The van der Waals surface area contributed by atoms with Gasteiger partial charge in [-0.25, -0.2) is 14.5 Å². The van der Waals surface area contributed by atoms with Crippen LogP contribution in [-0.2, 0) is 33.4 Å². The fraction of sp³-hybridized carbons (Fsp3) is 0.400. The van der Waals surface area contributed by atoms with Crippen LogP contribution in [0, 0.1) is 0 Å². The molecule has 0 saturated heterocycles. The van der Waals surface area contributed by atoms with Crippen molar-refractivity contribution in [3.63, 3.8) is 0 Å². The Balaban J connectivity index is 1.82. The van der Waals surface area contributed by atoms with Gasteiger partial charge in [0, 0.05) is 11.5 Å². The van der Waals surface area contributed by atoms with Gasteiger partial charge < -0.3 is 14.5 Å². The molecule has 34 heavy (non-hydrogen) atoms. The van der Waals surface area contributed by atoms with E-state index in [4.69, 9.17) is 4.74 Å². The van der Waals surface area contributed by atoms with Gasteiger partial charge in [-0.3, -0.25) is 14.4 Å². The monoisotopic (exact) mass is 498 g/mol. The van der Waals surface area contributed by atoms with Crippen LogP contribution in [0.3, 0.4) is 0 Å². The first-order chi connectivity index (χ1) is 16.0. The zero-order valence-corrected chi connectivity index (χ0v) is 18.6. The normalized spacial score (nSPS) is 13.8. The predicted octanol–water partition coefficient (Wildman–Crippen LogP) is 1.99. The molecule has 1 N–H and O–H groups in total. The highest BCUT2D eigenvalue weighted by Crippen LogP contribution is 2.40. The van der Waals surface area contributed by atoms with Gasteiger partial charge in [0.2, 0.25) is 0 Å². The SMILES string of the molecule is COC(=O)Cc1c(C(=O)OC)sc2nc(Cn3nc(C4CC4)cc(C(F)(F)F)c3=O)[nH]c(=O)c12. The van der Waals surface area contributed by atoms with E-state index < -0.39 is 47.8 Å². The highest BCUT2D eigenvalue weighted by atomic mass is 32.1. The van der Waals surface area contributed by atoms with Gasteiger partial charge >= 0.3 is 18.1 Å². The van der Waals surface area contributed by atoms with Crippen molar-refractivity contribution < 1.29 is 32.2 Å². The van der Waals surface area contributed by atoms with Crippen LogP contribution in [0.15, 0.2) is 15.7 Å². The van der Waals surface area contributed by atoms with E-state index in [-0.39, 0.29) is 38.1 Å². The van der Waals surface area contributed by atoms with Crippen LogP contribution in [0.4, 0.5) is 13.2 Å².